The molecule has 1 aliphatic heterocycles. The highest BCUT2D eigenvalue weighted by molar-refractivity contribution is 5.41. The lowest BCUT2D eigenvalue weighted by molar-refractivity contribution is 0.0638. The first-order chi connectivity index (χ1) is 7.63. The normalized spacial score (nSPS) is 19.8. The molecule has 1 saturated heterocycles. The van der Waals surface area contributed by atoms with Gasteiger partial charge in [-0.1, -0.05) is 0 Å². The van der Waals surface area contributed by atoms with Crippen LogP contribution < -0.4 is 4.90 Å². The van der Waals surface area contributed by atoms with Crippen molar-refractivity contribution in [3.05, 3.63) is 17.8 Å². The van der Waals surface area contributed by atoms with Gasteiger partial charge in [0.05, 0.1) is 31.1 Å². The third kappa shape index (κ3) is 2.15. The number of nitrogens with zero attached hydrogens (tertiary/aromatic N) is 3. The van der Waals surface area contributed by atoms with Crippen molar-refractivity contribution < 1.29 is 9.84 Å². The highest BCUT2D eigenvalue weighted by atomic mass is 16.5. The molecule has 0 saturated carbocycles. The van der Waals surface area contributed by atoms with Crippen molar-refractivity contribution in [1.29, 1.82) is 0 Å². The minimum absolute atomic E-state index is 0.0618. The van der Waals surface area contributed by atoms with E-state index in [0.29, 0.717) is 18.9 Å². The molecule has 0 radical (unpaired) electrons. The highest BCUT2D eigenvalue weighted by Crippen LogP contribution is 2.24. The topological polar surface area (TPSA) is 58.5 Å². The lowest BCUT2D eigenvalue weighted by atomic mass is 10.0. The number of hydrogen-bond acceptors (Lipinski definition) is 5. The summed E-state index contributed by atoms with van der Waals surface area (Å²) in [5.74, 6) is 0.838. The maximum atomic E-state index is 8.91. The maximum absolute atomic E-state index is 8.91. The predicted molar refractivity (Wildman–Crippen MR) is 60.2 cm³/mol. The van der Waals surface area contributed by atoms with Gasteiger partial charge in [0.1, 0.15) is 0 Å². The minimum Gasteiger partial charge on any atom is -0.390 e. The van der Waals surface area contributed by atoms with Crippen LogP contribution in [0.15, 0.2) is 12.1 Å². The number of aliphatic hydroxyl groups excluding tert-OH is 1. The van der Waals surface area contributed by atoms with Crippen molar-refractivity contribution in [3.63, 3.8) is 0 Å². The van der Waals surface area contributed by atoms with E-state index in [4.69, 9.17) is 9.84 Å². The SMILES string of the molecule is CC1(C)COCCN1c1ccc(CO)nn1. The lowest BCUT2D eigenvalue weighted by Crippen LogP contribution is -2.53. The van der Waals surface area contributed by atoms with E-state index in [1.54, 1.807) is 6.07 Å². The summed E-state index contributed by atoms with van der Waals surface area (Å²) in [6.45, 7) is 6.39. The molecule has 88 valence electrons. The van der Waals surface area contributed by atoms with E-state index in [-0.39, 0.29) is 12.1 Å². The van der Waals surface area contributed by atoms with Crippen molar-refractivity contribution in [2.24, 2.45) is 0 Å². The van der Waals surface area contributed by atoms with Crippen LogP contribution in [0.2, 0.25) is 0 Å². The molecular weight excluding hydrogens is 206 g/mol. The van der Waals surface area contributed by atoms with Crippen LogP contribution >= 0.6 is 0 Å². The quantitative estimate of drug-likeness (QED) is 0.795. The zero-order chi connectivity index (χ0) is 11.6. The standard InChI is InChI=1S/C11H17N3O2/c1-11(2)8-16-6-5-14(11)10-4-3-9(7-15)12-13-10/h3-4,15H,5-8H2,1-2H3. The number of hydrogen-bond donors (Lipinski definition) is 1. The molecule has 2 rings (SSSR count). The molecule has 0 spiro atoms. The van der Waals surface area contributed by atoms with Crippen LogP contribution in [0.4, 0.5) is 5.82 Å². The molecule has 2 heterocycles. The summed E-state index contributed by atoms with van der Waals surface area (Å²) in [5.41, 5.74) is 0.531. The molecule has 5 nitrogen and oxygen atoms in total. The monoisotopic (exact) mass is 223 g/mol. The van der Waals surface area contributed by atoms with Crippen molar-refractivity contribution >= 4 is 5.82 Å². The maximum Gasteiger partial charge on any atom is 0.151 e. The Labute approximate surface area is 95.1 Å². The van der Waals surface area contributed by atoms with Crippen LogP contribution in [-0.2, 0) is 11.3 Å². The van der Waals surface area contributed by atoms with E-state index < -0.39 is 0 Å². The molecular formula is C11H17N3O2. The van der Waals surface area contributed by atoms with Gasteiger partial charge in [0, 0.05) is 6.54 Å². The Kier molecular flexibility index (Phi) is 3.07. The van der Waals surface area contributed by atoms with Crippen molar-refractivity contribution in [2.45, 2.75) is 26.0 Å². The molecule has 0 atom stereocenters. The lowest BCUT2D eigenvalue weighted by Gasteiger charge is -2.42. The number of rotatable bonds is 2. The Bertz CT molecular complexity index is 351. The fourth-order valence-electron chi connectivity index (χ4n) is 1.86. The second-order valence-corrected chi connectivity index (χ2v) is 4.56. The Morgan fingerprint density at radius 2 is 2.25 bits per heavy atom. The molecule has 1 aromatic rings. The van der Waals surface area contributed by atoms with Gasteiger partial charge < -0.3 is 14.7 Å². The number of ether oxygens (including phenoxy) is 1. The van der Waals surface area contributed by atoms with Gasteiger partial charge in [0.15, 0.2) is 5.82 Å². The molecule has 5 heteroatoms. The molecule has 1 aromatic heterocycles. The first-order valence-electron chi connectivity index (χ1n) is 5.42. The average molecular weight is 223 g/mol. The van der Waals surface area contributed by atoms with E-state index in [0.717, 1.165) is 12.4 Å². The molecule has 1 N–H and O–H groups in total. The zero-order valence-corrected chi connectivity index (χ0v) is 9.68. The molecule has 1 fully saturated rings. The van der Waals surface area contributed by atoms with E-state index in [2.05, 4.69) is 28.9 Å². The molecule has 16 heavy (non-hydrogen) atoms. The summed E-state index contributed by atoms with van der Waals surface area (Å²) in [5, 5.41) is 17.0. The minimum atomic E-state index is -0.0697. The van der Waals surface area contributed by atoms with Gasteiger partial charge in [-0.05, 0) is 26.0 Å². The van der Waals surface area contributed by atoms with Gasteiger partial charge in [-0.2, -0.15) is 5.10 Å². The van der Waals surface area contributed by atoms with Gasteiger partial charge >= 0.3 is 0 Å². The second-order valence-electron chi connectivity index (χ2n) is 4.56. The Morgan fingerprint density at radius 3 is 2.81 bits per heavy atom. The summed E-state index contributed by atoms with van der Waals surface area (Å²) in [6.07, 6.45) is 0. The van der Waals surface area contributed by atoms with Crippen LogP contribution in [0, 0.1) is 0 Å². The number of morpholine rings is 1. The summed E-state index contributed by atoms with van der Waals surface area (Å²) in [4.78, 5) is 2.19. The molecule has 0 amide bonds. The Morgan fingerprint density at radius 1 is 1.44 bits per heavy atom. The third-order valence-electron chi connectivity index (χ3n) is 2.79. The Balaban J connectivity index is 2.21. The van der Waals surface area contributed by atoms with E-state index >= 15 is 0 Å². The van der Waals surface area contributed by atoms with Gasteiger partial charge in [0.2, 0.25) is 0 Å². The van der Waals surface area contributed by atoms with Crippen molar-refractivity contribution in [1.82, 2.24) is 10.2 Å². The van der Waals surface area contributed by atoms with Gasteiger partial charge in [0.25, 0.3) is 0 Å². The van der Waals surface area contributed by atoms with E-state index in [1.165, 1.54) is 0 Å². The van der Waals surface area contributed by atoms with Gasteiger partial charge in [-0.15, -0.1) is 5.10 Å². The summed E-state index contributed by atoms with van der Waals surface area (Å²) in [6, 6.07) is 3.69. The summed E-state index contributed by atoms with van der Waals surface area (Å²) < 4.78 is 5.45. The average Bonchev–Trinajstić information content (AvgIpc) is 2.29. The molecule has 0 unspecified atom stereocenters. The Hall–Kier alpha value is -1.20. The fraction of sp³-hybridized carbons (Fsp3) is 0.636. The molecule has 0 bridgehead atoms. The van der Waals surface area contributed by atoms with Gasteiger partial charge in [-0.25, -0.2) is 0 Å². The van der Waals surface area contributed by atoms with E-state index in [1.807, 2.05) is 6.07 Å². The van der Waals surface area contributed by atoms with Crippen LogP contribution in [0.1, 0.15) is 19.5 Å². The van der Waals surface area contributed by atoms with Gasteiger partial charge in [-0.3, -0.25) is 0 Å². The number of anilines is 1. The van der Waals surface area contributed by atoms with Crippen LogP contribution in [0.25, 0.3) is 0 Å². The van der Waals surface area contributed by atoms with Crippen molar-refractivity contribution in [3.8, 4) is 0 Å². The first-order valence-corrected chi connectivity index (χ1v) is 5.42. The predicted octanol–water partition coefficient (Wildman–Crippen LogP) is 0.584. The van der Waals surface area contributed by atoms with Crippen molar-refractivity contribution in [2.75, 3.05) is 24.7 Å². The van der Waals surface area contributed by atoms with E-state index in [9.17, 15) is 0 Å². The smallest absolute Gasteiger partial charge is 0.151 e. The largest absolute Gasteiger partial charge is 0.390 e. The molecule has 0 aromatic carbocycles. The number of aromatic nitrogens is 2. The van der Waals surface area contributed by atoms with Crippen LogP contribution in [-0.4, -0.2) is 40.6 Å². The first kappa shape index (κ1) is 11.3. The molecule has 0 aliphatic carbocycles. The third-order valence-corrected chi connectivity index (χ3v) is 2.79. The highest BCUT2D eigenvalue weighted by Gasteiger charge is 2.31. The zero-order valence-electron chi connectivity index (χ0n) is 9.68. The summed E-state index contributed by atoms with van der Waals surface area (Å²) in [7, 11) is 0. The number of aliphatic hydroxyl groups is 1. The molecule has 1 aliphatic rings. The fourth-order valence-corrected chi connectivity index (χ4v) is 1.86. The van der Waals surface area contributed by atoms with Crippen LogP contribution in [0.5, 0.6) is 0 Å². The van der Waals surface area contributed by atoms with Crippen LogP contribution in [0.3, 0.4) is 0 Å². The summed E-state index contributed by atoms with van der Waals surface area (Å²) >= 11 is 0. The second kappa shape index (κ2) is 4.35.